The van der Waals surface area contributed by atoms with Crippen molar-refractivity contribution in [2.45, 2.75) is 11.3 Å². The van der Waals surface area contributed by atoms with Crippen molar-refractivity contribution in [3.8, 4) is 16.6 Å². The number of benzene rings is 1. The Morgan fingerprint density at radius 2 is 2.08 bits per heavy atom. The third kappa shape index (κ3) is 3.57. The molecule has 136 valence electrons. The molecule has 0 saturated carbocycles. The molecule has 8 nitrogen and oxygen atoms in total. The first-order chi connectivity index (χ1) is 12.6. The Balaban J connectivity index is 1.39. The summed E-state index contributed by atoms with van der Waals surface area (Å²) in [6, 6.07) is 6.42. The Labute approximate surface area is 154 Å². The normalized spacial score (nSPS) is 13.7. The molecule has 2 aromatic heterocycles. The van der Waals surface area contributed by atoms with E-state index in [4.69, 9.17) is 9.47 Å². The minimum atomic E-state index is -3.63. The number of sulfonamides is 1. The molecule has 0 amide bonds. The van der Waals surface area contributed by atoms with Gasteiger partial charge in [0.25, 0.3) is 0 Å². The molecule has 3 aromatic rings. The van der Waals surface area contributed by atoms with Crippen molar-refractivity contribution in [3.63, 3.8) is 0 Å². The van der Waals surface area contributed by atoms with Crippen molar-refractivity contribution in [1.29, 1.82) is 0 Å². The maximum atomic E-state index is 12.5. The summed E-state index contributed by atoms with van der Waals surface area (Å²) in [5.74, 6) is 1.01. The van der Waals surface area contributed by atoms with Gasteiger partial charge in [0.05, 0.1) is 10.6 Å². The van der Waals surface area contributed by atoms with E-state index in [1.807, 2.05) is 17.6 Å². The standard InChI is InChI=1S/C16H16N4O4S2/c21-26(22,13-2-3-14-15(10-13)24-9-8-23-14)18-6-4-12-11-25-16(19-12)20-7-1-5-17-20/h1-3,5,7,10-11,18H,4,6,8-9H2. The van der Waals surface area contributed by atoms with Gasteiger partial charge in [0.2, 0.25) is 15.2 Å². The largest absolute Gasteiger partial charge is 0.486 e. The van der Waals surface area contributed by atoms with Crippen LogP contribution in [0.15, 0.2) is 46.9 Å². The van der Waals surface area contributed by atoms with E-state index in [0.29, 0.717) is 31.1 Å². The van der Waals surface area contributed by atoms with Gasteiger partial charge in [-0.3, -0.25) is 0 Å². The molecule has 26 heavy (non-hydrogen) atoms. The van der Waals surface area contributed by atoms with Crippen LogP contribution in [0, 0.1) is 0 Å². The molecule has 0 aliphatic carbocycles. The van der Waals surface area contributed by atoms with Crippen LogP contribution in [0.25, 0.3) is 5.13 Å². The lowest BCUT2D eigenvalue weighted by Crippen LogP contribution is -2.26. The molecule has 0 bridgehead atoms. The van der Waals surface area contributed by atoms with Gasteiger partial charge in [0.1, 0.15) is 13.2 Å². The minimum Gasteiger partial charge on any atom is -0.486 e. The molecule has 0 radical (unpaired) electrons. The first kappa shape index (κ1) is 17.0. The first-order valence-electron chi connectivity index (χ1n) is 7.95. The molecule has 1 aliphatic heterocycles. The van der Waals surface area contributed by atoms with Crippen molar-refractivity contribution in [2.24, 2.45) is 0 Å². The second-order valence-electron chi connectivity index (χ2n) is 5.53. The third-order valence-corrected chi connectivity index (χ3v) is 6.07. The highest BCUT2D eigenvalue weighted by Gasteiger charge is 2.19. The van der Waals surface area contributed by atoms with Crippen LogP contribution in [0.4, 0.5) is 0 Å². The molecule has 0 atom stereocenters. The third-order valence-electron chi connectivity index (χ3n) is 3.74. The summed E-state index contributed by atoms with van der Waals surface area (Å²) in [5, 5.41) is 6.77. The number of fused-ring (bicyclic) bond motifs is 1. The fraction of sp³-hybridized carbons (Fsp3) is 0.250. The van der Waals surface area contributed by atoms with Gasteiger partial charge in [-0.15, -0.1) is 11.3 Å². The van der Waals surface area contributed by atoms with Gasteiger partial charge in [-0.05, 0) is 18.2 Å². The van der Waals surface area contributed by atoms with Gasteiger partial charge in [-0.25, -0.2) is 22.8 Å². The maximum absolute atomic E-state index is 12.5. The van der Waals surface area contributed by atoms with E-state index >= 15 is 0 Å². The van der Waals surface area contributed by atoms with Crippen molar-refractivity contribution < 1.29 is 17.9 Å². The number of hydrogen-bond acceptors (Lipinski definition) is 7. The second kappa shape index (κ2) is 7.06. The number of hydrogen-bond donors (Lipinski definition) is 1. The summed E-state index contributed by atoms with van der Waals surface area (Å²) in [5.41, 5.74) is 0.811. The monoisotopic (exact) mass is 392 g/mol. The van der Waals surface area contributed by atoms with Crippen molar-refractivity contribution >= 4 is 21.4 Å². The lowest BCUT2D eigenvalue weighted by Gasteiger charge is -2.18. The lowest BCUT2D eigenvalue weighted by molar-refractivity contribution is 0.171. The van der Waals surface area contributed by atoms with E-state index in [1.165, 1.54) is 23.5 Å². The Morgan fingerprint density at radius 1 is 1.23 bits per heavy atom. The maximum Gasteiger partial charge on any atom is 0.240 e. The van der Waals surface area contributed by atoms with Crippen molar-refractivity contribution in [1.82, 2.24) is 19.5 Å². The Hall–Kier alpha value is -2.43. The van der Waals surface area contributed by atoms with Crippen LogP contribution in [0.3, 0.4) is 0 Å². The van der Waals surface area contributed by atoms with Crippen LogP contribution in [-0.2, 0) is 16.4 Å². The van der Waals surface area contributed by atoms with E-state index < -0.39 is 10.0 Å². The summed E-state index contributed by atoms with van der Waals surface area (Å²) < 4.78 is 40.0. The van der Waals surface area contributed by atoms with Crippen LogP contribution in [0.5, 0.6) is 11.5 Å². The summed E-state index contributed by atoms with van der Waals surface area (Å²) in [6.45, 7) is 1.12. The molecule has 1 aliphatic rings. The van der Waals surface area contributed by atoms with E-state index in [9.17, 15) is 8.42 Å². The molecule has 0 saturated heterocycles. The molecular weight excluding hydrogens is 376 g/mol. The average molecular weight is 392 g/mol. The molecular formula is C16H16N4O4S2. The van der Waals surface area contributed by atoms with Gasteiger partial charge >= 0.3 is 0 Å². The van der Waals surface area contributed by atoms with Crippen molar-refractivity contribution in [2.75, 3.05) is 19.8 Å². The molecule has 4 rings (SSSR count). The SMILES string of the molecule is O=S(=O)(NCCc1csc(-n2cccn2)n1)c1ccc2c(c1)OCCO2. The summed E-state index contributed by atoms with van der Waals surface area (Å²) in [6.07, 6.45) is 3.98. The molecule has 0 unspecified atom stereocenters. The fourth-order valence-electron chi connectivity index (χ4n) is 2.49. The highest BCUT2D eigenvalue weighted by Crippen LogP contribution is 2.32. The van der Waals surface area contributed by atoms with Crippen molar-refractivity contribution in [3.05, 3.63) is 47.7 Å². The zero-order valence-corrected chi connectivity index (χ0v) is 15.3. The van der Waals surface area contributed by atoms with Crippen LogP contribution in [0.1, 0.15) is 5.69 Å². The molecule has 1 aromatic carbocycles. The predicted octanol–water partition coefficient (Wildman–Crippen LogP) is 1.62. The summed E-state index contributed by atoms with van der Waals surface area (Å²) >= 11 is 1.46. The number of nitrogens with zero attached hydrogens (tertiary/aromatic N) is 3. The van der Waals surface area contributed by atoms with Crippen LogP contribution in [0.2, 0.25) is 0 Å². The average Bonchev–Trinajstić information content (AvgIpc) is 3.32. The molecule has 3 heterocycles. The van der Waals surface area contributed by atoms with Crippen LogP contribution >= 0.6 is 11.3 Å². The molecule has 0 spiro atoms. The van der Waals surface area contributed by atoms with Gasteiger partial charge < -0.3 is 9.47 Å². The van der Waals surface area contributed by atoms with Crippen LogP contribution in [-0.4, -0.2) is 42.9 Å². The minimum absolute atomic E-state index is 0.150. The first-order valence-corrected chi connectivity index (χ1v) is 10.3. The highest BCUT2D eigenvalue weighted by atomic mass is 32.2. The number of aromatic nitrogens is 3. The van der Waals surface area contributed by atoms with E-state index in [-0.39, 0.29) is 11.4 Å². The predicted molar refractivity (Wildman–Crippen MR) is 95.6 cm³/mol. The Kier molecular flexibility index (Phi) is 4.62. The van der Waals surface area contributed by atoms with Crippen LogP contribution < -0.4 is 14.2 Å². The smallest absolute Gasteiger partial charge is 0.240 e. The number of rotatable bonds is 6. The quantitative estimate of drug-likeness (QED) is 0.685. The molecule has 0 fully saturated rings. The van der Waals surface area contributed by atoms with Gasteiger partial charge in [-0.2, -0.15) is 5.10 Å². The number of ether oxygens (including phenoxy) is 2. The Bertz CT molecular complexity index is 999. The van der Waals surface area contributed by atoms with Gasteiger partial charge in [0, 0.05) is 36.8 Å². The van der Waals surface area contributed by atoms with Gasteiger partial charge in [-0.1, -0.05) is 0 Å². The fourth-order valence-corrected chi connectivity index (χ4v) is 4.33. The second-order valence-corrected chi connectivity index (χ2v) is 8.13. The van der Waals surface area contributed by atoms with E-state index in [0.717, 1.165) is 10.8 Å². The molecule has 10 heteroatoms. The Morgan fingerprint density at radius 3 is 2.88 bits per heavy atom. The zero-order chi connectivity index (χ0) is 18.0. The van der Waals surface area contributed by atoms with E-state index in [2.05, 4.69) is 14.8 Å². The zero-order valence-electron chi connectivity index (χ0n) is 13.7. The van der Waals surface area contributed by atoms with E-state index in [1.54, 1.807) is 16.9 Å². The number of nitrogens with one attached hydrogen (secondary N) is 1. The number of thiazole rings is 1. The molecule has 1 N–H and O–H groups in total. The summed E-state index contributed by atoms with van der Waals surface area (Å²) in [7, 11) is -3.63. The lowest BCUT2D eigenvalue weighted by atomic mass is 10.3. The topological polar surface area (TPSA) is 95.3 Å². The summed E-state index contributed by atoms with van der Waals surface area (Å²) in [4.78, 5) is 4.60. The highest BCUT2D eigenvalue weighted by molar-refractivity contribution is 7.89. The van der Waals surface area contributed by atoms with Gasteiger partial charge in [0.15, 0.2) is 11.5 Å².